The lowest BCUT2D eigenvalue weighted by atomic mass is 10.1. The van der Waals surface area contributed by atoms with Crippen LogP contribution in [-0.4, -0.2) is 10.5 Å². The van der Waals surface area contributed by atoms with E-state index in [0.717, 1.165) is 20.6 Å². The highest BCUT2D eigenvalue weighted by Crippen LogP contribution is 2.31. The van der Waals surface area contributed by atoms with Crippen molar-refractivity contribution in [3.05, 3.63) is 72.2 Å². The number of benzene rings is 2. The van der Waals surface area contributed by atoms with E-state index in [1.807, 2.05) is 48.7 Å². The Morgan fingerprint density at radius 3 is 2.58 bits per heavy atom. The second kappa shape index (κ2) is 8.09. The van der Waals surface area contributed by atoms with Gasteiger partial charge in [-0.15, -0.1) is 11.3 Å². The molecule has 7 heteroatoms. The smallest absolute Gasteiger partial charge is 0.280 e. The molecule has 0 unspecified atom stereocenters. The molecule has 3 rings (SSSR count). The Morgan fingerprint density at radius 2 is 1.92 bits per heavy atom. The second-order valence-corrected chi connectivity index (χ2v) is 8.41. The van der Waals surface area contributed by atoms with Crippen molar-refractivity contribution in [2.75, 3.05) is 0 Å². The van der Waals surface area contributed by atoms with Gasteiger partial charge in [-0.25, -0.2) is 0 Å². The summed E-state index contributed by atoms with van der Waals surface area (Å²) >= 11 is 17.1. The minimum atomic E-state index is -0.276. The fraction of sp³-hybridized carbons (Fsp3) is 0.158. The Hall–Kier alpha value is -1.40. The highest BCUT2D eigenvalue weighted by Gasteiger charge is 2.15. The number of aromatic nitrogens is 1. The number of aryl methyl sites for hydroxylation is 1. The van der Waals surface area contributed by atoms with E-state index in [1.165, 1.54) is 11.3 Å². The number of nitrogens with zero attached hydrogens (tertiary/aromatic N) is 2. The molecule has 0 radical (unpaired) electrons. The quantitative estimate of drug-likeness (QED) is 0.439. The maximum Gasteiger partial charge on any atom is 0.280 e. The fourth-order valence-electron chi connectivity index (χ4n) is 2.69. The largest absolute Gasteiger partial charge is 0.316 e. The van der Waals surface area contributed by atoms with Gasteiger partial charge in [0.15, 0.2) is 4.80 Å². The first kappa shape index (κ1) is 19.4. The summed E-state index contributed by atoms with van der Waals surface area (Å²) in [5.74, 6) is -0.276. The van der Waals surface area contributed by atoms with Crippen LogP contribution in [0, 0.1) is 6.92 Å². The summed E-state index contributed by atoms with van der Waals surface area (Å²) in [6, 6.07) is 12.8. The second-order valence-electron chi connectivity index (χ2n) is 5.56. The Bertz CT molecular complexity index is 1060. The lowest BCUT2D eigenvalue weighted by Crippen LogP contribution is -2.17. The molecule has 26 heavy (non-hydrogen) atoms. The summed E-state index contributed by atoms with van der Waals surface area (Å²) in [4.78, 5) is 18.7. The van der Waals surface area contributed by atoms with Crippen molar-refractivity contribution in [3.8, 4) is 11.3 Å². The van der Waals surface area contributed by atoms with E-state index in [0.29, 0.717) is 27.0 Å². The van der Waals surface area contributed by atoms with Gasteiger partial charge < -0.3 is 4.57 Å². The summed E-state index contributed by atoms with van der Waals surface area (Å²) in [6.45, 7) is 4.72. The van der Waals surface area contributed by atoms with Crippen LogP contribution >= 0.6 is 50.5 Å². The van der Waals surface area contributed by atoms with Gasteiger partial charge >= 0.3 is 0 Å². The number of hydrogen-bond donors (Lipinski definition) is 0. The molecule has 1 aromatic heterocycles. The Balaban J connectivity index is 2.14. The first-order valence-electron chi connectivity index (χ1n) is 7.91. The van der Waals surface area contributed by atoms with Gasteiger partial charge in [0, 0.05) is 21.5 Å². The van der Waals surface area contributed by atoms with Gasteiger partial charge in [-0.3, -0.25) is 4.79 Å². The number of thiazole rings is 1. The molecule has 0 spiro atoms. The summed E-state index contributed by atoms with van der Waals surface area (Å²) in [7, 11) is 0. The predicted octanol–water partition coefficient (Wildman–Crippen LogP) is 6.36. The molecule has 2 aromatic carbocycles. The topological polar surface area (TPSA) is 34.4 Å². The number of rotatable bonds is 3. The minimum absolute atomic E-state index is 0.276. The van der Waals surface area contributed by atoms with E-state index in [4.69, 9.17) is 23.2 Å². The van der Waals surface area contributed by atoms with Crippen molar-refractivity contribution in [1.29, 1.82) is 0 Å². The first-order chi connectivity index (χ1) is 12.4. The third kappa shape index (κ3) is 3.81. The highest BCUT2D eigenvalue weighted by atomic mass is 79.9. The fourth-order valence-corrected chi connectivity index (χ4v) is 4.50. The van der Waals surface area contributed by atoms with Crippen LogP contribution in [0.2, 0.25) is 10.0 Å². The molecule has 0 aliphatic carbocycles. The van der Waals surface area contributed by atoms with Crippen LogP contribution in [-0.2, 0) is 6.54 Å². The van der Waals surface area contributed by atoms with Gasteiger partial charge in [-0.1, -0.05) is 41.4 Å². The van der Waals surface area contributed by atoms with Crippen LogP contribution in [0.5, 0.6) is 0 Å². The third-order valence-electron chi connectivity index (χ3n) is 3.89. The SMILES string of the molecule is CCn1c(-c2ccc(Cl)c(Cl)c2)c(C)sc1=NC(=O)c1ccccc1Br. The van der Waals surface area contributed by atoms with E-state index in [-0.39, 0.29) is 5.91 Å². The molecule has 0 aliphatic rings. The first-order valence-corrected chi connectivity index (χ1v) is 10.3. The lowest BCUT2D eigenvalue weighted by molar-refractivity contribution is 0.0997. The zero-order chi connectivity index (χ0) is 18.8. The zero-order valence-corrected chi connectivity index (χ0v) is 18.0. The molecule has 0 aliphatic heterocycles. The van der Waals surface area contributed by atoms with Crippen LogP contribution in [0.15, 0.2) is 51.9 Å². The molecule has 1 amide bonds. The van der Waals surface area contributed by atoms with E-state index in [1.54, 1.807) is 12.1 Å². The molecule has 0 fully saturated rings. The maximum absolute atomic E-state index is 12.6. The number of halogens is 3. The average molecular weight is 470 g/mol. The zero-order valence-electron chi connectivity index (χ0n) is 14.1. The van der Waals surface area contributed by atoms with Crippen molar-refractivity contribution < 1.29 is 4.79 Å². The van der Waals surface area contributed by atoms with Crippen LogP contribution in [0.3, 0.4) is 0 Å². The van der Waals surface area contributed by atoms with Crippen LogP contribution in [0.4, 0.5) is 0 Å². The van der Waals surface area contributed by atoms with Gasteiger partial charge in [-0.05, 0) is 54.0 Å². The molecule has 0 N–H and O–H groups in total. The van der Waals surface area contributed by atoms with Gasteiger partial charge in [0.2, 0.25) is 0 Å². The van der Waals surface area contributed by atoms with Crippen LogP contribution in [0.1, 0.15) is 22.2 Å². The number of carbonyl (C=O) groups excluding carboxylic acids is 1. The van der Waals surface area contributed by atoms with Crippen molar-refractivity contribution in [3.63, 3.8) is 0 Å². The van der Waals surface area contributed by atoms with Crippen LogP contribution in [0.25, 0.3) is 11.3 Å². The van der Waals surface area contributed by atoms with Gasteiger partial charge in [-0.2, -0.15) is 4.99 Å². The van der Waals surface area contributed by atoms with Crippen molar-refractivity contribution in [2.24, 2.45) is 4.99 Å². The predicted molar refractivity (Wildman–Crippen MR) is 112 cm³/mol. The van der Waals surface area contributed by atoms with Crippen molar-refractivity contribution in [1.82, 2.24) is 4.57 Å². The Kier molecular flexibility index (Phi) is 6.03. The molecule has 3 nitrogen and oxygen atoms in total. The summed E-state index contributed by atoms with van der Waals surface area (Å²) < 4.78 is 2.75. The summed E-state index contributed by atoms with van der Waals surface area (Å²) in [5.41, 5.74) is 2.48. The summed E-state index contributed by atoms with van der Waals surface area (Å²) in [6.07, 6.45) is 0. The van der Waals surface area contributed by atoms with Crippen LogP contribution < -0.4 is 4.80 Å². The van der Waals surface area contributed by atoms with E-state index in [2.05, 4.69) is 20.9 Å². The molecular formula is C19H15BrCl2N2OS. The van der Waals surface area contributed by atoms with E-state index >= 15 is 0 Å². The minimum Gasteiger partial charge on any atom is -0.316 e. The van der Waals surface area contributed by atoms with E-state index in [9.17, 15) is 4.79 Å². The lowest BCUT2D eigenvalue weighted by Gasteiger charge is -2.08. The normalized spacial score (nSPS) is 11.8. The monoisotopic (exact) mass is 468 g/mol. The molecule has 134 valence electrons. The molecule has 0 saturated carbocycles. The van der Waals surface area contributed by atoms with Gasteiger partial charge in [0.1, 0.15) is 0 Å². The molecule has 0 atom stereocenters. The number of hydrogen-bond acceptors (Lipinski definition) is 2. The van der Waals surface area contributed by atoms with Gasteiger partial charge in [0.25, 0.3) is 5.91 Å². The molecule has 3 aromatic rings. The standard InChI is InChI=1S/C19H15BrCl2N2OS/c1-3-24-17(12-8-9-15(21)16(22)10-12)11(2)26-19(24)23-18(25)13-6-4-5-7-14(13)20/h4-10H,3H2,1-2H3. The third-order valence-corrected chi connectivity index (χ3v) is 6.31. The highest BCUT2D eigenvalue weighted by molar-refractivity contribution is 9.10. The molecule has 0 saturated heterocycles. The Morgan fingerprint density at radius 1 is 1.19 bits per heavy atom. The van der Waals surface area contributed by atoms with Crippen molar-refractivity contribution in [2.45, 2.75) is 20.4 Å². The molecule has 1 heterocycles. The van der Waals surface area contributed by atoms with Gasteiger partial charge in [0.05, 0.1) is 21.3 Å². The molecule has 0 bridgehead atoms. The number of amides is 1. The summed E-state index contributed by atoms with van der Waals surface area (Å²) in [5, 5.41) is 1.01. The maximum atomic E-state index is 12.6. The Labute approximate surface area is 174 Å². The number of carbonyl (C=O) groups is 1. The molecular weight excluding hydrogens is 455 g/mol. The van der Waals surface area contributed by atoms with E-state index < -0.39 is 0 Å². The average Bonchev–Trinajstić information content (AvgIpc) is 2.92. The van der Waals surface area contributed by atoms with Crippen molar-refractivity contribution >= 4 is 56.4 Å².